The van der Waals surface area contributed by atoms with E-state index in [9.17, 15) is 9.59 Å². The summed E-state index contributed by atoms with van der Waals surface area (Å²) in [5, 5.41) is -0.0915. The Bertz CT molecular complexity index is 985. The van der Waals surface area contributed by atoms with Gasteiger partial charge in [0.15, 0.2) is 11.5 Å². The maximum atomic E-state index is 13.0. The van der Waals surface area contributed by atoms with Crippen molar-refractivity contribution in [3.05, 3.63) is 58.6 Å². The first kappa shape index (κ1) is 21.7. The van der Waals surface area contributed by atoms with Crippen LogP contribution in [0.5, 0.6) is 17.2 Å². The number of nitrogens with zero attached hydrogens (tertiary/aromatic N) is 1. The van der Waals surface area contributed by atoms with Crippen LogP contribution in [0.3, 0.4) is 0 Å². The van der Waals surface area contributed by atoms with Gasteiger partial charge in [-0.3, -0.25) is 14.5 Å². The van der Waals surface area contributed by atoms with Gasteiger partial charge in [-0.05, 0) is 44.0 Å². The average molecular weight is 430 g/mol. The molecule has 1 heterocycles. The molecule has 0 spiro atoms. The highest BCUT2D eigenvalue weighted by Gasteiger charge is 2.38. The summed E-state index contributed by atoms with van der Waals surface area (Å²) in [6, 6.07) is 12.6. The number of hydrogen-bond acceptors (Lipinski definition) is 5. The zero-order chi connectivity index (χ0) is 21.7. The molecule has 30 heavy (non-hydrogen) atoms. The highest BCUT2D eigenvalue weighted by molar-refractivity contribution is 6.55. The molecule has 0 aliphatic carbocycles. The first-order valence-electron chi connectivity index (χ1n) is 9.79. The van der Waals surface area contributed by atoms with Gasteiger partial charge in [-0.15, -0.1) is 0 Å². The third kappa shape index (κ3) is 4.28. The van der Waals surface area contributed by atoms with E-state index < -0.39 is 11.8 Å². The summed E-state index contributed by atoms with van der Waals surface area (Å²) in [6.07, 6.45) is 0.466. The number of imide groups is 1. The van der Waals surface area contributed by atoms with Crippen LogP contribution in [0.1, 0.15) is 25.0 Å². The van der Waals surface area contributed by atoms with Crippen LogP contribution in [0.2, 0.25) is 0 Å². The van der Waals surface area contributed by atoms with E-state index in [1.54, 1.807) is 24.3 Å². The van der Waals surface area contributed by atoms with Crippen LogP contribution < -0.4 is 14.2 Å². The zero-order valence-electron chi connectivity index (χ0n) is 17.2. The molecule has 6 nitrogen and oxygen atoms in total. The first-order chi connectivity index (χ1) is 14.5. The highest BCUT2D eigenvalue weighted by Crippen LogP contribution is 2.36. The molecule has 0 N–H and O–H groups in total. The summed E-state index contributed by atoms with van der Waals surface area (Å²) in [4.78, 5) is 26.8. The number of carbonyl (C=O) groups is 2. The number of rotatable bonds is 9. The Hall–Kier alpha value is -2.99. The molecule has 0 atom stereocenters. The lowest BCUT2D eigenvalue weighted by Gasteiger charge is -2.16. The second kappa shape index (κ2) is 9.67. The maximum Gasteiger partial charge on any atom is 0.273 e. The van der Waals surface area contributed by atoms with Gasteiger partial charge in [-0.2, -0.15) is 0 Å². The Labute approximate surface area is 181 Å². The van der Waals surface area contributed by atoms with Crippen LogP contribution in [0.25, 0.3) is 5.57 Å². The Balaban J connectivity index is 1.78. The molecule has 0 radical (unpaired) electrons. The van der Waals surface area contributed by atoms with Crippen molar-refractivity contribution in [2.45, 2.75) is 20.3 Å². The number of halogens is 1. The van der Waals surface area contributed by atoms with Crippen molar-refractivity contribution in [2.24, 2.45) is 0 Å². The minimum absolute atomic E-state index is 0.0915. The monoisotopic (exact) mass is 429 g/mol. The van der Waals surface area contributed by atoms with E-state index in [4.69, 9.17) is 25.8 Å². The molecule has 1 aliphatic rings. The van der Waals surface area contributed by atoms with Crippen LogP contribution >= 0.6 is 11.6 Å². The van der Waals surface area contributed by atoms with Crippen molar-refractivity contribution in [1.29, 1.82) is 0 Å². The van der Waals surface area contributed by atoms with Gasteiger partial charge in [0.2, 0.25) is 0 Å². The van der Waals surface area contributed by atoms with Gasteiger partial charge in [0, 0.05) is 12.1 Å². The second-order valence-electron chi connectivity index (χ2n) is 6.55. The number of carbonyl (C=O) groups excluding carboxylic acids is 2. The summed E-state index contributed by atoms with van der Waals surface area (Å²) in [6.45, 7) is 5.05. The number of amides is 2. The summed E-state index contributed by atoms with van der Waals surface area (Å²) < 4.78 is 16.5. The molecule has 0 bridgehead atoms. The summed E-state index contributed by atoms with van der Waals surface area (Å²) in [7, 11) is 1.51. The van der Waals surface area contributed by atoms with E-state index in [1.807, 2.05) is 32.0 Å². The van der Waals surface area contributed by atoms with E-state index in [0.29, 0.717) is 42.4 Å². The Kier molecular flexibility index (Phi) is 7.00. The Morgan fingerprint density at radius 3 is 2.30 bits per heavy atom. The Morgan fingerprint density at radius 1 is 0.900 bits per heavy atom. The summed E-state index contributed by atoms with van der Waals surface area (Å²) in [5.41, 5.74) is 1.59. The van der Waals surface area contributed by atoms with E-state index in [-0.39, 0.29) is 17.2 Å². The predicted octanol–water partition coefficient (Wildman–Crippen LogP) is 4.05. The quantitative estimate of drug-likeness (QED) is 0.562. The molecular formula is C23H24ClNO5. The van der Waals surface area contributed by atoms with Crippen LogP contribution in [0.15, 0.2) is 47.5 Å². The van der Waals surface area contributed by atoms with Crippen molar-refractivity contribution in [1.82, 2.24) is 4.90 Å². The van der Waals surface area contributed by atoms with Crippen LogP contribution in [-0.2, 0) is 16.0 Å². The normalized spacial score (nSPS) is 13.8. The average Bonchev–Trinajstić information content (AvgIpc) is 2.96. The van der Waals surface area contributed by atoms with Crippen molar-refractivity contribution in [3.63, 3.8) is 0 Å². The lowest BCUT2D eigenvalue weighted by atomic mass is 10.0. The smallest absolute Gasteiger partial charge is 0.273 e. The minimum Gasteiger partial charge on any atom is -0.496 e. The SMILES string of the molecule is CCOc1ccc(CCN2C(=O)C(Cl)=C(c3ccccc3OC)C2=O)cc1OCC. The van der Waals surface area contributed by atoms with E-state index in [2.05, 4.69) is 0 Å². The van der Waals surface area contributed by atoms with Crippen LogP contribution in [0.4, 0.5) is 0 Å². The number of benzene rings is 2. The topological polar surface area (TPSA) is 65.1 Å². The summed E-state index contributed by atoms with van der Waals surface area (Å²) in [5.74, 6) is 0.868. The second-order valence-corrected chi connectivity index (χ2v) is 6.93. The van der Waals surface area contributed by atoms with Gasteiger partial charge in [0.05, 0.1) is 25.9 Å². The molecule has 7 heteroatoms. The predicted molar refractivity (Wildman–Crippen MR) is 115 cm³/mol. The van der Waals surface area contributed by atoms with Crippen molar-refractivity contribution >= 4 is 29.0 Å². The van der Waals surface area contributed by atoms with E-state index in [1.165, 1.54) is 12.0 Å². The lowest BCUT2D eigenvalue weighted by Crippen LogP contribution is -2.33. The molecule has 0 unspecified atom stereocenters. The number of para-hydroxylation sites is 1. The third-order valence-corrected chi connectivity index (χ3v) is 5.07. The van der Waals surface area contributed by atoms with Crippen molar-refractivity contribution in [2.75, 3.05) is 26.9 Å². The number of methoxy groups -OCH3 is 1. The fourth-order valence-corrected chi connectivity index (χ4v) is 3.61. The fraction of sp³-hybridized carbons (Fsp3) is 0.304. The molecule has 158 valence electrons. The molecule has 0 saturated heterocycles. The van der Waals surface area contributed by atoms with Gasteiger partial charge in [0.25, 0.3) is 11.8 Å². The summed E-state index contributed by atoms with van der Waals surface area (Å²) >= 11 is 6.26. The van der Waals surface area contributed by atoms with Gasteiger partial charge < -0.3 is 14.2 Å². The zero-order valence-corrected chi connectivity index (χ0v) is 18.0. The molecule has 0 saturated carbocycles. The van der Waals surface area contributed by atoms with Crippen LogP contribution in [0, 0.1) is 0 Å². The molecule has 3 rings (SSSR count). The maximum absolute atomic E-state index is 13.0. The molecule has 0 aromatic heterocycles. The first-order valence-corrected chi connectivity index (χ1v) is 10.2. The molecule has 2 aromatic rings. The molecule has 2 amide bonds. The van der Waals surface area contributed by atoms with Gasteiger partial charge >= 0.3 is 0 Å². The minimum atomic E-state index is -0.501. The van der Waals surface area contributed by atoms with E-state index in [0.717, 1.165) is 5.56 Å². The number of hydrogen-bond donors (Lipinski definition) is 0. The molecule has 0 fully saturated rings. The fourth-order valence-electron chi connectivity index (χ4n) is 3.33. The largest absolute Gasteiger partial charge is 0.496 e. The van der Waals surface area contributed by atoms with Gasteiger partial charge in [-0.25, -0.2) is 0 Å². The van der Waals surface area contributed by atoms with Crippen molar-refractivity contribution < 1.29 is 23.8 Å². The van der Waals surface area contributed by atoms with Crippen LogP contribution in [-0.4, -0.2) is 43.6 Å². The third-order valence-electron chi connectivity index (χ3n) is 4.72. The number of ether oxygens (including phenoxy) is 3. The Morgan fingerprint density at radius 2 is 1.60 bits per heavy atom. The molecular weight excluding hydrogens is 406 g/mol. The van der Waals surface area contributed by atoms with Gasteiger partial charge in [0.1, 0.15) is 10.8 Å². The van der Waals surface area contributed by atoms with Gasteiger partial charge in [-0.1, -0.05) is 35.9 Å². The molecule has 2 aromatic carbocycles. The van der Waals surface area contributed by atoms with E-state index >= 15 is 0 Å². The standard InChI is InChI=1S/C23H24ClNO5/c1-4-29-18-11-10-15(14-19(18)30-5-2)12-13-25-22(26)20(21(24)23(25)27)16-8-6-7-9-17(16)28-3/h6-11,14H,4-5,12-13H2,1-3H3. The highest BCUT2D eigenvalue weighted by atomic mass is 35.5. The molecule has 1 aliphatic heterocycles. The van der Waals surface area contributed by atoms with Crippen molar-refractivity contribution in [3.8, 4) is 17.2 Å². The lowest BCUT2D eigenvalue weighted by molar-refractivity contribution is -0.136.